The van der Waals surface area contributed by atoms with Gasteiger partial charge in [0.25, 0.3) is 10.0 Å². The van der Waals surface area contributed by atoms with Gasteiger partial charge in [0.1, 0.15) is 5.75 Å². The summed E-state index contributed by atoms with van der Waals surface area (Å²) < 4.78 is 40.1. The van der Waals surface area contributed by atoms with E-state index in [4.69, 9.17) is 14.2 Å². The van der Waals surface area contributed by atoms with E-state index in [1.54, 1.807) is 57.7 Å². The number of hydrogen-bond donors (Lipinski definition) is 1. The first-order valence-corrected chi connectivity index (χ1v) is 9.48. The Labute approximate surface area is 159 Å². The van der Waals surface area contributed by atoms with Gasteiger partial charge in [0.15, 0.2) is 11.5 Å². The van der Waals surface area contributed by atoms with Gasteiger partial charge in [-0.05, 0) is 37.3 Å². The molecule has 0 aliphatic carbocycles. The summed E-state index contributed by atoms with van der Waals surface area (Å²) in [7, 11) is 0.928. The minimum absolute atomic E-state index is 0.149. The highest BCUT2D eigenvalue weighted by Gasteiger charge is 2.12. The zero-order chi connectivity index (χ0) is 19.9. The van der Waals surface area contributed by atoms with Gasteiger partial charge in [-0.15, -0.1) is 0 Å². The molecular weight excluding hydrogens is 368 g/mol. The van der Waals surface area contributed by atoms with Crippen molar-refractivity contribution in [3.63, 3.8) is 0 Å². The molecule has 0 spiro atoms. The Kier molecular flexibility index (Phi) is 6.84. The fraction of sp³-hybridized carbons (Fsp3) is 0.211. The Hall–Kier alpha value is -3.00. The second-order valence-corrected chi connectivity index (χ2v) is 7.16. The van der Waals surface area contributed by atoms with E-state index in [1.807, 2.05) is 6.92 Å². The van der Waals surface area contributed by atoms with Crippen molar-refractivity contribution in [3.05, 3.63) is 53.6 Å². The van der Waals surface area contributed by atoms with Crippen molar-refractivity contribution in [2.45, 2.75) is 11.8 Å². The molecule has 8 heteroatoms. The van der Waals surface area contributed by atoms with E-state index < -0.39 is 10.0 Å². The molecule has 2 aromatic carbocycles. The van der Waals surface area contributed by atoms with Crippen LogP contribution in [0.4, 0.5) is 0 Å². The van der Waals surface area contributed by atoms with Crippen LogP contribution in [0.15, 0.2) is 52.5 Å². The Morgan fingerprint density at radius 1 is 0.926 bits per heavy atom. The molecule has 0 heterocycles. The van der Waals surface area contributed by atoms with Crippen LogP contribution in [0.5, 0.6) is 17.2 Å². The molecule has 0 aromatic heterocycles. The van der Waals surface area contributed by atoms with Crippen molar-refractivity contribution in [2.75, 3.05) is 21.3 Å². The minimum Gasteiger partial charge on any atom is -0.496 e. The molecule has 2 aromatic rings. The Morgan fingerprint density at radius 3 is 2.11 bits per heavy atom. The molecular formula is C19H22N2O5S. The largest absolute Gasteiger partial charge is 0.496 e. The molecule has 0 aliphatic rings. The van der Waals surface area contributed by atoms with E-state index in [-0.39, 0.29) is 4.90 Å². The number of nitrogens with zero attached hydrogens (tertiary/aromatic N) is 1. The van der Waals surface area contributed by atoms with Gasteiger partial charge in [-0.25, -0.2) is 4.83 Å². The zero-order valence-corrected chi connectivity index (χ0v) is 16.4. The molecule has 0 fully saturated rings. The van der Waals surface area contributed by atoms with Crippen LogP contribution in [0.3, 0.4) is 0 Å². The van der Waals surface area contributed by atoms with Crippen molar-refractivity contribution in [1.29, 1.82) is 0 Å². The predicted octanol–water partition coefficient (Wildman–Crippen LogP) is 3.00. The van der Waals surface area contributed by atoms with Gasteiger partial charge in [-0.3, -0.25) is 0 Å². The molecule has 27 heavy (non-hydrogen) atoms. The lowest BCUT2D eigenvalue weighted by Crippen LogP contribution is -2.17. The maximum absolute atomic E-state index is 12.1. The van der Waals surface area contributed by atoms with Crippen LogP contribution in [0.25, 0.3) is 6.08 Å². The lowest BCUT2D eigenvalue weighted by molar-refractivity contribution is 0.348. The number of methoxy groups -OCH3 is 3. The topological polar surface area (TPSA) is 86.2 Å². The molecule has 0 saturated carbocycles. The molecule has 7 nitrogen and oxygen atoms in total. The first-order chi connectivity index (χ1) is 12.9. The summed E-state index contributed by atoms with van der Waals surface area (Å²) in [5.41, 5.74) is 1.70. The van der Waals surface area contributed by atoms with Crippen LogP contribution in [0, 0.1) is 6.92 Å². The van der Waals surface area contributed by atoms with Crippen LogP contribution in [0.1, 0.15) is 11.1 Å². The smallest absolute Gasteiger partial charge is 0.276 e. The summed E-state index contributed by atoms with van der Waals surface area (Å²) in [4.78, 5) is 2.31. The highest BCUT2D eigenvalue weighted by Crippen LogP contribution is 2.35. The quantitative estimate of drug-likeness (QED) is 0.553. The van der Waals surface area contributed by atoms with E-state index in [2.05, 4.69) is 9.93 Å². The van der Waals surface area contributed by atoms with Gasteiger partial charge in [-0.2, -0.15) is 13.5 Å². The number of aryl methyl sites for hydroxylation is 1. The van der Waals surface area contributed by atoms with Gasteiger partial charge in [0, 0.05) is 17.8 Å². The molecule has 0 aliphatic heterocycles. The molecule has 1 N–H and O–H groups in total. The van der Waals surface area contributed by atoms with Crippen molar-refractivity contribution in [2.24, 2.45) is 5.10 Å². The number of sulfonamides is 1. The van der Waals surface area contributed by atoms with Crippen molar-refractivity contribution in [1.82, 2.24) is 4.83 Å². The maximum atomic E-state index is 12.1. The van der Waals surface area contributed by atoms with Crippen molar-refractivity contribution in [3.8, 4) is 17.2 Å². The highest BCUT2D eigenvalue weighted by molar-refractivity contribution is 7.89. The second-order valence-electron chi connectivity index (χ2n) is 5.49. The van der Waals surface area contributed by atoms with Crippen LogP contribution in [-0.4, -0.2) is 36.0 Å². The van der Waals surface area contributed by atoms with E-state index >= 15 is 0 Å². The fourth-order valence-corrected chi connectivity index (χ4v) is 3.04. The average molecular weight is 390 g/mol. The number of hydrazone groups is 1. The van der Waals surface area contributed by atoms with Crippen LogP contribution >= 0.6 is 0 Å². The summed E-state index contributed by atoms with van der Waals surface area (Å²) in [5.74, 6) is 1.68. The van der Waals surface area contributed by atoms with Crippen LogP contribution in [-0.2, 0) is 10.0 Å². The third-order valence-electron chi connectivity index (χ3n) is 3.68. The fourth-order valence-electron chi connectivity index (χ4n) is 2.24. The lowest BCUT2D eigenvalue weighted by atomic mass is 10.1. The van der Waals surface area contributed by atoms with Gasteiger partial charge in [0.2, 0.25) is 0 Å². The first kappa shape index (κ1) is 20.3. The molecule has 0 bridgehead atoms. The number of allylic oxidation sites excluding steroid dienone is 1. The molecule has 0 atom stereocenters. The van der Waals surface area contributed by atoms with Gasteiger partial charge in [0.05, 0.1) is 26.2 Å². The molecule has 0 radical (unpaired) electrons. The van der Waals surface area contributed by atoms with Gasteiger partial charge >= 0.3 is 0 Å². The summed E-state index contributed by atoms with van der Waals surface area (Å²) in [5, 5.41) is 3.74. The minimum atomic E-state index is -3.70. The SMILES string of the molecule is COc1cc(OC)c(OC)cc1/C=C/C=N/NS(=O)(=O)c1ccc(C)cc1. The third kappa shape index (κ3) is 5.24. The number of hydrogen-bond acceptors (Lipinski definition) is 6. The zero-order valence-electron chi connectivity index (χ0n) is 15.6. The molecule has 2 rings (SSSR count). The van der Waals surface area contributed by atoms with E-state index in [0.717, 1.165) is 11.1 Å². The average Bonchev–Trinajstić information content (AvgIpc) is 2.67. The molecule has 0 saturated heterocycles. The monoisotopic (exact) mass is 390 g/mol. The Balaban J connectivity index is 2.11. The summed E-state index contributed by atoms with van der Waals surface area (Å²) in [6, 6.07) is 9.95. The standard InChI is InChI=1S/C19H22N2O5S/c1-14-7-9-16(10-8-14)27(22,23)21-20-11-5-6-15-12-18(25-3)19(26-4)13-17(15)24-2/h5-13,21H,1-4H3/b6-5+,20-11+. The first-order valence-electron chi connectivity index (χ1n) is 7.99. The van der Waals surface area contributed by atoms with E-state index in [1.165, 1.54) is 18.3 Å². The van der Waals surface area contributed by atoms with E-state index in [0.29, 0.717) is 17.2 Å². The van der Waals surface area contributed by atoms with Crippen molar-refractivity contribution >= 4 is 22.3 Å². The molecule has 0 amide bonds. The Morgan fingerprint density at radius 2 is 1.52 bits per heavy atom. The second kappa shape index (κ2) is 9.09. The summed E-state index contributed by atoms with van der Waals surface area (Å²) in [6.45, 7) is 1.88. The summed E-state index contributed by atoms with van der Waals surface area (Å²) >= 11 is 0. The molecule has 144 valence electrons. The van der Waals surface area contributed by atoms with Crippen LogP contribution < -0.4 is 19.0 Å². The van der Waals surface area contributed by atoms with E-state index in [9.17, 15) is 8.42 Å². The number of ether oxygens (including phenoxy) is 3. The van der Waals surface area contributed by atoms with Crippen molar-refractivity contribution < 1.29 is 22.6 Å². The number of nitrogens with one attached hydrogen (secondary N) is 1. The third-order valence-corrected chi connectivity index (χ3v) is 4.91. The van der Waals surface area contributed by atoms with Crippen LogP contribution in [0.2, 0.25) is 0 Å². The predicted molar refractivity (Wildman–Crippen MR) is 105 cm³/mol. The highest BCUT2D eigenvalue weighted by atomic mass is 32.2. The van der Waals surface area contributed by atoms with Gasteiger partial charge < -0.3 is 14.2 Å². The number of benzene rings is 2. The Bertz CT molecular complexity index is 935. The number of rotatable bonds is 8. The molecule has 0 unspecified atom stereocenters. The summed E-state index contributed by atoms with van der Waals surface area (Å²) in [6.07, 6.45) is 4.63. The maximum Gasteiger partial charge on any atom is 0.276 e. The lowest BCUT2D eigenvalue weighted by Gasteiger charge is -2.11. The normalized spacial score (nSPS) is 11.7. The van der Waals surface area contributed by atoms with Gasteiger partial charge in [-0.1, -0.05) is 17.7 Å².